The van der Waals surface area contributed by atoms with Gasteiger partial charge < -0.3 is 28.4 Å². The molecule has 10 nitrogen and oxygen atoms in total. The normalized spacial score (nSPS) is 10.6. The molecule has 0 amide bonds. The second kappa shape index (κ2) is 51.7. The van der Waals surface area contributed by atoms with Crippen molar-refractivity contribution in [2.45, 2.75) is 34.6 Å². The predicted octanol–water partition coefficient (Wildman–Crippen LogP) is 0.250. The SMILES string of the molecule is CC=CC=CC(=O)O.CC=CC=CC(=O)O.CC=CC=CC(=O)O.CC=CC=CC(=O)O.CC=CC=CC(=O)O.[H-].[H-].[K+].[K+]. The maximum absolute atomic E-state index is 9.75. The smallest absolute Gasteiger partial charge is 1.00 e. The zero-order chi connectivity index (χ0) is 32.0. The Balaban J connectivity index is -0.0000000486. The summed E-state index contributed by atoms with van der Waals surface area (Å²) in [6.07, 6.45) is 29.9. The molecule has 42 heavy (non-hydrogen) atoms. The van der Waals surface area contributed by atoms with Crippen LogP contribution in [0, 0.1) is 0 Å². The third-order valence-corrected chi connectivity index (χ3v) is 2.71. The molecule has 0 heterocycles. The van der Waals surface area contributed by atoms with Crippen LogP contribution >= 0.6 is 0 Å². The van der Waals surface area contributed by atoms with E-state index >= 15 is 0 Å². The Kier molecular flexibility index (Phi) is 68.8. The van der Waals surface area contributed by atoms with Crippen LogP contribution < -0.4 is 103 Å². The van der Waals surface area contributed by atoms with Crippen LogP contribution in [0.2, 0.25) is 0 Å². The number of carbonyl (C=O) groups is 5. The number of hydrogen-bond donors (Lipinski definition) is 5. The van der Waals surface area contributed by atoms with Crippen molar-refractivity contribution in [2.75, 3.05) is 0 Å². The summed E-state index contributed by atoms with van der Waals surface area (Å²) in [6, 6.07) is 0. The fourth-order valence-corrected chi connectivity index (χ4v) is 1.24. The molecule has 0 aliphatic rings. The zero-order valence-corrected chi connectivity index (χ0v) is 31.6. The topological polar surface area (TPSA) is 186 Å². The number of allylic oxidation sites excluding steroid dienone is 15. The molecule has 0 radical (unpaired) electrons. The van der Waals surface area contributed by atoms with Crippen LogP contribution in [0.5, 0.6) is 0 Å². The van der Waals surface area contributed by atoms with Crippen molar-refractivity contribution in [3.05, 3.63) is 122 Å². The van der Waals surface area contributed by atoms with Gasteiger partial charge in [0.15, 0.2) is 0 Å². The van der Waals surface area contributed by atoms with Crippen LogP contribution in [0.1, 0.15) is 37.5 Å². The van der Waals surface area contributed by atoms with Crippen molar-refractivity contribution in [1.82, 2.24) is 0 Å². The maximum atomic E-state index is 9.75. The predicted molar refractivity (Wildman–Crippen MR) is 160 cm³/mol. The molecule has 0 saturated heterocycles. The Labute approximate surface area is 336 Å². The van der Waals surface area contributed by atoms with E-state index in [1.807, 2.05) is 34.6 Å². The van der Waals surface area contributed by atoms with Gasteiger partial charge in [-0.15, -0.1) is 0 Å². The summed E-state index contributed by atoms with van der Waals surface area (Å²) in [7, 11) is 0. The van der Waals surface area contributed by atoms with Crippen molar-refractivity contribution >= 4 is 29.8 Å². The Morgan fingerprint density at radius 2 is 0.452 bits per heavy atom. The van der Waals surface area contributed by atoms with Gasteiger partial charge >= 0.3 is 133 Å². The van der Waals surface area contributed by atoms with Gasteiger partial charge in [-0.2, -0.15) is 0 Å². The van der Waals surface area contributed by atoms with Gasteiger partial charge in [-0.25, -0.2) is 24.0 Å². The third kappa shape index (κ3) is 98.3. The summed E-state index contributed by atoms with van der Waals surface area (Å²) in [5, 5.41) is 40.1. The first-order valence-electron chi connectivity index (χ1n) is 11.5. The van der Waals surface area contributed by atoms with E-state index in [-0.39, 0.29) is 106 Å². The van der Waals surface area contributed by atoms with Gasteiger partial charge in [0.1, 0.15) is 0 Å². The first-order valence-corrected chi connectivity index (χ1v) is 11.5. The summed E-state index contributed by atoms with van der Waals surface area (Å²) in [6.45, 7) is 9.13. The van der Waals surface area contributed by atoms with Crippen molar-refractivity contribution in [1.29, 1.82) is 0 Å². The van der Waals surface area contributed by atoms with E-state index in [9.17, 15) is 24.0 Å². The Morgan fingerprint density at radius 1 is 0.333 bits per heavy atom. The van der Waals surface area contributed by atoms with Crippen LogP contribution in [0.4, 0.5) is 0 Å². The molecule has 0 saturated carbocycles. The van der Waals surface area contributed by atoms with Gasteiger partial charge in [0.2, 0.25) is 0 Å². The monoisotopic (exact) mass is 640 g/mol. The number of aliphatic carboxylic acids is 5. The summed E-state index contributed by atoms with van der Waals surface area (Å²) < 4.78 is 0. The Bertz CT molecular complexity index is 822. The van der Waals surface area contributed by atoms with Crippen LogP contribution in [0.25, 0.3) is 0 Å². The van der Waals surface area contributed by atoms with Crippen LogP contribution in [0.15, 0.2) is 122 Å². The van der Waals surface area contributed by atoms with Crippen molar-refractivity contribution in [2.24, 2.45) is 0 Å². The fraction of sp³-hybridized carbons (Fsp3) is 0.167. The van der Waals surface area contributed by atoms with Crippen molar-refractivity contribution < 1.29 is 155 Å². The van der Waals surface area contributed by atoms with Gasteiger partial charge in [-0.05, 0) is 34.6 Å². The first kappa shape index (κ1) is 55.9. The number of hydrogen-bond acceptors (Lipinski definition) is 5. The summed E-state index contributed by atoms with van der Waals surface area (Å²) in [5.41, 5.74) is 0. The van der Waals surface area contributed by atoms with E-state index in [1.54, 1.807) is 60.8 Å². The van der Waals surface area contributed by atoms with Gasteiger partial charge in [0.25, 0.3) is 0 Å². The molecule has 5 N–H and O–H groups in total. The molecule has 0 bridgehead atoms. The summed E-state index contributed by atoms with van der Waals surface area (Å²) in [4.78, 5) is 48.8. The van der Waals surface area contributed by atoms with E-state index in [2.05, 4.69) is 0 Å². The van der Waals surface area contributed by atoms with Crippen molar-refractivity contribution in [3.63, 3.8) is 0 Å². The minimum Gasteiger partial charge on any atom is -1.00 e. The largest absolute Gasteiger partial charge is 1.00 e. The summed E-state index contributed by atoms with van der Waals surface area (Å²) in [5.74, 6) is -4.57. The summed E-state index contributed by atoms with van der Waals surface area (Å²) >= 11 is 0. The van der Waals surface area contributed by atoms with Gasteiger partial charge in [-0.1, -0.05) is 91.1 Å². The van der Waals surface area contributed by atoms with E-state index < -0.39 is 29.8 Å². The van der Waals surface area contributed by atoms with Crippen molar-refractivity contribution in [3.8, 4) is 0 Å². The molecular weight excluding hydrogens is 599 g/mol. The Hall–Kier alpha value is -1.98. The van der Waals surface area contributed by atoms with E-state index in [4.69, 9.17) is 25.5 Å². The average molecular weight is 641 g/mol. The molecular formula is C30H42K2O10. The standard InChI is InChI=1S/5C6H8O2.2K.2H/c5*1-2-3-4-5-6(7)8;;;;/h5*2-5H,1H3,(H,7,8);;;;/q;;;;;2*+1;2*-1. The van der Waals surface area contributed by atoms with Crippen LogP contribution in [-0.2, 0) is 24.0 Å². The minimum atomic E-state index is -0.914. The molecule has 224 valence electrons. The number of carboxylic acid groups (broad SMARTS) is 5. The maximum Gasteiger partial charge on any atom is 1.00 e. The van der Waals surface area contributed by atoms with Gasteiger partial charge in [0, 0.05) is 30.4 Å². The molecule has 0 atom stereocenters. The average Bonchev–Trinajstić information content (AvgIpc) is 2.86. The third-order valence-electron chi connectivity index (χ3n) is 2.71. The molecule has 0 aromatic heterocycles. The molecule has 0 rings (SSSR count). The van der Waals surface area contributed by atoms with E-state index in [1.165, 1.54) is 30.4 Å². The fourth-order valence-electron chi connectivity index (χ4n) is 1.24. The van der Waals surface area contributed by atoms with Crippen LogP contribution in [0.3, 0.4) is 0 Å². The quantitative estimate of drug-likeness (QED) is 0.126. The number of carboxylic acids is 5. The molecule has 0 aromatic rings. The van der Waals surface area contributed by atoms with E-state index in [0.29, 0.717) is 0 Å². The zero-order valence-electron chi connectivity index (χ0n) is 27.3. The molecule has 0 aromatic carbocycles. The van der Waals surface area contributed by atoms with Gasteiger partial charge in [-0.3, -0.25) is 0 Å². The molecule has 12 heteroatoms. The molecule has 0 unspecified atom stereocenters. The van der Waals surface area contributed by atoms with Crippen LogP contribution in [-0.4, -0.2) is 55.4 Å². The molecule has 0 aliphatic carbocycles. The van der Waals surface area contributed by atoms with E-state index in [0.717, 1.165) is 30.4 Å². The van der Waals surface area contributed by atoms with Gasteiger partial charge in [0.05, 0.1) is 0 Å². The molecule has 0 spiro atoms. The minimum absolute atomic E-state index is 0. The first-order chi connectivity index (χ1) is 18.9. The second-order valence-electron chi connectivity index (χ2n) is 6.12. The number of rotatable bonds is 10. The Morgan fingerprint density at radius 3 is 0.524 bits per heavy atom. The molecule has 0 fully saturated rings. The molecule has 0 aliphatic heterocycles. The second-order valence-corrected chi connectivity index (χ2v) is 6.12.